The van der Waals surface area contributed by atoms with Crippen LogP contribution in [0.4, 0.5) is 0 Å². The van der Waals surface area contributed by atoms with Gasteiger partial charge in [0.2, 0.25) is 0 Å². The molecule has 4 heteroatoms. The molecular formula is C10H7NO2S. The molecule has 2 aromatic rings. The van der Waals surface area contributed by atoms with Crippen molar-refractivity contribution >= 4 is 21.4 Å². The first kappa shape index (κ1) is 8.85. The minimum atomic E-state index is 0.108. The molecule has 0 atom stereocenters. The predicted octanol–water partition coefficient (Wildman–Crippen LogP) is 2.38. The zero-order valence-corrected chi connectivity index (χ0v) is 8.01. The molecule has 2 N–H and O–H groups in total. The molecule has 0 unspecified atom stereocenters. The fourth-order valence-electron chi connectivity index (χ4n) is 1.33. The Kier molecular flexibility index (Phi) is 2.02. The molecule has 0 saturated carbocycles. The van der Waals surface area contributed by atoms with Crippen LogP contribution < -0.4 is 0 Å². The van der Waals surface area contributed by atoms with Gasteiger partial charge in [-0.2, -0.15) is 5.26 Å². The van der Waals surface area contributed by atoms with Gasteiger partial charge in [-0.1, -0.05) is 11.3 Å². The number of fused-ring (bicyclic) bond motifs is 1. The van der Waals surface area contributed by atoms with Crippen LogP contribution in [0.3, 0.4) is 0 Å². The van der Waals surface area contributed by atoms with Gasteiger partial charge in [0.25, 0.3) is 0 Å². The molecule has 0 saturated heterocycles. The van der Waals surface area contributed by atoms with E-state index in [4.69, 9.17) is 5.26 Å². The summed E-state index contributed by atoms with van der Waals surface area (Å²) >= 11 is 1.24. The van der Waals surface area contributed by atoms with Gasteiger partial charge in [0.15, 0.2) is 5.06 Å². The van der Waals surface area contributed by atoms with Crippen LogP contribution in [0.1, 0.15) is 5.56 Å². The topological polar surface area (TPSA) is 64.2 Å². The predicted molar refractivity (Wildman–Crippen MR) is 54.5 cm³/mol. The van der Waals surface area contributed by atoms with E-state index in [1.807, 2.05) is 6.07 Å². The minimum absolute atomic E-state index is 0.108. The van der Waals surface area contributed by atoms with Gasteiger partial charge >= 0.3 is 0 Å². The summed E-state index contributed by atoms with van der Waals surface area (Å²) in [5.41, 5.74) is 0.599. The van der Waals surface area contributed by atoms with Crippen LogP contribution in [0.15, 0.2) is 18.2 Å². The average molecular weight is 205 g/mol. The van der Waals surface area contributed by atoms with E-state index in [0.29, 0.717) is 5.56 Å². The summed E-state index contributed by atoms with van der Waals surface area (Å²) in [5.74, 6) is 0.108. The number of nitrogens with zero attached hydrogens (tertiary/aromatic N) is 1. The highest BCUT2D eigenvalue weighted by Gasteiger charge is 2.06. The molecule has 3 nitrogen and oxygen atoms in total. The molecule has 2 rings (SSSR count). The van der Waals surface area contributed by atoms with Crippen molar-refractivity contribution in [2.45, 2.75) is 6.42 Å². The van der Waals surface area contributed by atoms with Gasteiger partial charge in [0.1, 0.15) is 5.75 Å². The van der Waals surface area contributed by atoms with Crippen molar-refractivity contribution in [2.24, 2.45) is 0 Å². The number of hydrogen-bond acceptors (Lipinski definition) is 4. The molecule has 0 bridgehead atoms. The lowest BCUT2D eigenvalue weighted by Gasteiger charge is -1.99. The Morgan fingerprint density at radius 3 is 2.79 bits per heavy atom. The monoisotopic (exact) mass is 205 g/mol. The molecular weight excluding hydrogens is 198 g/mol. The van der Waals surface area contributed by atoms with Crippen LogP contribution in [-0.4, -0.2) is 10.2 Å². The Morgan fingerprint density at radius 1 is 1.29 bits per heavy atom. The lowest BCUT2D eigenvalue weighted by Crippen LogP contribution is -1.81. The highest BCUT2D eigenvalue weighted by atomic mass is 32.1. The highest BCUT2D eigenvalue weighted by molar-refractivity contribution is 7.20. The Morgan fingerprint density at radius 2 is 2.07 bits per heavy atom. The molecule has 0 radical (unpaired) electrons. The second-order valence-electron chi connectivity index (χ2n) is 2.94. The van der Waals surface area contributed by atoms with Crippen LogP contribution in [0.2, 0.25) is 0 Å². The number of hydrogen-bond donors (Lipinski definition) is 2. The maximum absolute atomic E-state index is 9.52. The normalized spacial score (nSPS) is 10.2. The molecule has 0 spiro atoms. The van der Waals surface area contributed by atoms with Crippen molar-refractivity contribution in [1.29, 1.82) is 5.26 Å². The number of phenolic OH excluding ortho intramolecular Hbond substituents is 1. The average Bonchev–Trinajstić information content (AvgIpc) is 2.45. The van der Waals surface area contributed by atoms with Crippen molar-refractivity contribution in [3.8, 4) is 16.9 Å². The number of aromatic hydroxyl groups is 2. The maximum atomic E-state index is 9.52. The van der Waals surface area contributed by atoms with E-state index in [-0.39, 0.29) is 17.2 Å². The molecule has 0 aliphatic heterocycles. The van der Waals surface area contributed by atoms with Gasteiger partial charge in [0, 0.05) is 10.3 Å². The molecule has 0 amide bonds. The van der Waals surface area contributed by atoms with Gasteiger partial charge in [-0.15, -0.1) is 0 Å². The molecule has 70 valence electrons. The summed E-state index contributed by atoms with van der Waals surface area (Å²) < 4.78 is 0.880. The summed E-state index contributed by atoms with van der Waals surface area (Å²) in [6, 6.07) is 6.87. The van der Waals surface area contributed by atoms with Crippen LogP contribution in [0.5, 0.6) is 10.8 Å². The number of rotatable bonds is 1. The Labute approximate surface area is 84.5 Å². The quantitative estimate of drug-likeness (QED) is 0.751. The molecule has 1 aromatic heterocycles. The van der Waals surface area contributed by atoms with Crippen molar-refractivity contribution in [3.63, 3.8) is 0 Å². The Bertz CT molecular complexity index is 525. The molecule has 0 aliphatic rings. The first-order valence-electron chi connectivity index (χ1n) is 4.02. The second kappa shape index (κ2) is 3.20. The summed E-state index contributed by atoms with van der Waals surface area (Å²) in [4.78, 5) is 0. The first-order chi connectivity index (χ1) is 6.70. The summed E-state index contributed by atoms with van der Waals surface area (Å²) in [6.45, 7) is 0. The zero-order chi connectivity index (χ0) is 10.1. The highest BCUT2D eigenvalue weighted by Crippen LogP contribution is 2.34. The smallest absolute Gasteiger partial charge is 0.172 e. The van der Waals surface area contributed by atoms with E-state index >= 15 is 0 Å². The minimum Gasteiger partial charge on any atom is -0.508 e. The van der Waals surface area contributed by atoms with Gasteiger partial charge < -0.3 is 10.2 Å². The van der Waals surface area contributed by atoms with E-state index in [2.05, 4.69) is 0 Å². The van der Waals surface area contributed by atoms with Crippen molar-refractivity contribution in [1.82, 2.24) is 0 Å². The van der Waals surface area contributed by atoms with E-state index in [0.717, 1.165) is 10.1 Å². The third kappa shape index (κ3) is 1.38. The van der Waals surface area contributed by atoms with Crippen LogP contribution in [0, 0.1) is 11.3 Å². The lowest BCUT2D eigenvalue weighted by atomic mass is 10.1. The molecule has 0 aliphatic carbocycles. The van der Waals surface area contributed by atoms with Gasteiger partial charge in [-0.25, -0.2) is 0 Å². The largest absolute Gasteiger partial charge is 0.508 e. The zero-order valence-electron chi connectivity index (χ0n) is 7.19. The number of benzene rings is 1. The fraction of sp³-hybridized carbons (Fsp3) is 0.100. The Balaban J connectivity index is 2.65. The van der Waals surface area contributed by atoms with Crippen LogP contribution in [-0.2, 0) is 6.42 Å². The van der Waals surface area contributed by atoms with Gasteiger partial charge in [-0.3, -0.25) is 0 Å². The second-order valence-corrected chi connectivity index (χ2v) is 4.00. The first-order valence-corrected chi connectivity index (χ1v) is 4.83. The number of nitriles is 1. The van der Waals surface area contributed by atoms with E-state index in [1.54, 1.807) is 18.2 Å². The van der Waals surface area contributed by atoms with Crippen LogP contribution >= 0.6 is 11.3 Å². The van der Waals surface area contributed by atoms with Crippen molar-refractivity contribution in [2.75, 3.05) is 0 Å². The van der Waals surface area contributed by atoms with Crippen molar-refractivity contribution < 1.29 is 10.2 Å². The van der Waals surface area contributed by atoms with Crippen LogP contribution in [0.25, 0.3) is 10.1 Å². The molecule has 0 fully saturated rings. The summed E-state index contributed by atoms with van der Waals surface area (Å²) in [7, 11) is 0. The van der Waals surface area contributed by atoms with E-state index in [1.165, 1.54) is 11.3 Å². The lowest BCUT2D eigenvalue weighted by molar-refractivity contribution is 0.471. The molecule has 14 heavy (non-hydrogen) atoms. The third-order valence-corrected chi connectivity index (χ3v) is 2.87. The number of phenols is 1. The summed E-state index contributed by atoms with van der Waals surface area (Å²) in [5, 5.41) is 28.3. The van der Waals surface area contributed by atoms with E-state index in [9.17, 15) is 10.2 Å². The van der Waals surface area contributed by atoms with Crippen molar-refractivity contribution in [3.05, 3.63) is 23.8 Å². The fourth-order valence-corrected chi connectivity index (χ4v) is 2.18. The maximum Gasteiger partial charge on any atom is 0.172 e. The van der Waals surface area contributed by atoms with Gasteiger partial charge in [-0.05, 0) is 23.6 Å². The summed E-state index contributed by atoms with van der Waals surface area (Å²) in [6.07, 6.45) is 0.181. The Hall–Kier alpha value is -1.73. The SMILES string of the molecule is N#CCc1cc2sc(O)cc2cc1O. The standard InChI is InChI=1S/C10H7NO2S/c11-2-1-6-4-9-7(3-8(6)12)5-10(13)14-9/h3-5,12-13H,1H2. The van der Waals surface area contributed by atoms with E-state index < -0.39 is 0 Å². The third-order valence-electron chi connectivity index (χ3n) is 1.97. The molecule has 1 aromatic carbocycles. The number of thiophene rings is 1. The van der Waals surface area contributed by atoms with Gasteiger partial charge in [0.05, 0.1) is 12.5 Å². The molecule has 1 heterocycles.